The van der Waals surface area contributed by atoms with Crippen molar-refractivity contribution in [3.05, 3.63) is 52.3 Å². The van der Waals surface area contributed by atoms with Gasteiger partial charge in [0, 0.05) is 24.7 Å². The van der Waals surface area contributed by atoms with Gasteiger partial charge in [-0.3, -0.25) is 9.59 Å². The maximum atomic E-state index is 11.5. The van der Waals surface area contributed by atoms with E-state index in [1.807, 2.05) is 24.3 Å². The van der Waals surface area contributed by atoms with Crippen molar-refractivity contribution >= 4 is 5.91 Å². The Morgan fingerprint density at radius 2 is 1.95 bits per heavy atom. The van der Waals surface area contributed by atoms with Crippen LogP contribution in [0.4, 0.5) is 0 Å². The minimum Gasteiger partial charge on any atom is -0.355 e. The molecule has 0 bridgehead atoms. The first-order valence-corrected chi connectivity index (χ1v) is 6.31. The van der Waals surface area contributed by atoms with Gasteiger partial charge in [0.25, 0.3) is 5.56 Å². The molecule has 0 unspecified atom stereocenters. The van der Waals surface area contributed by atoms with Gasteiger partial charge in [0.05, 0.1) is 12.1 Å². The Hall–Kier alpha value is -2.47. The van der Waals surface area contributed by atoms with Crippen molar-refractivity contribution < 1.29 is 4.79 Å². The first kappa shape index (κ1) is 14.0. The number of nitrogens with zero attached hydrogens (tertiary/aromatic N) is 1. The van der Waals surface area contributed by atoms with Crippen LogP contribution in [0.15, 0.2) is 41.2 Å². The smallest absolute Gasteiger partial charge is 0.264 e. The van der Waals surface area contributed by atoms with Crippen LogP contribution in [0.5, 0.6) is 0 Å². The fraction of sp³-hybridized carbons (Fsp3) is 0.214. The Labute approximate surface area is 116 Å². The zero-order chi connectivity index (χ0) is 14.4. The van der Waals surface area contributed by atoms with Crippen molar-refractivity contribution in [1.82, 2.24) is 15.5 Å². The topological polar surface area (TPSA) is 101 Å². The van der Waals surface area contributed by atoms with Crippen molar-refractivity contribution in [3.63, 3.8) is 0 Å². The molecular weight excluding hydrogens is 256 g/mol. The Morgan fingerprint density at radius 3 is 2.55 bits per heavy atom. The number of nitrogens with two attached hydrogens (primary N) is 1. The molecule has 6 heteroatoms. The van der Waals surface area contributed by atoms with E-state index in [1.165, 1.54) is 6.07 Å². The fourth-order valence-corrected chi connectivity index (χ4v) is 1.76. The number of rotatable bonds is 5. The van der Waals surface area contributed by atoms with Crippen molar-refractivity contribution in [2.75, 3.05) is 13.1 Å². The molecule has 1 heterocycles. The predicted octanol–water partition coefficient (Wildman–Crippen LogP) is 0.0543. The summed E-state index contributed by atoms with van der Waals surface area (Å²) in [5.41, 5.74) is 7.56. The fourth-order valence-electron chi connectivity index (χ4n) is 1.76. The molecule has 104 valence electrons. The molecule has 20 heavy (non-hydrogen) atoms. The van der Waals surface area contributed by atoms with Crippen LogP contribution in [0, 0.1) is 0 Å². The summed E-state index contributed by atoms with van der Waals surface area (Å²) in [4.78, 5) is 22.5. The molecule has 6 nitrogen and oxygen atoms in total. The van der Waals surface area contributed by atoms with E-state index in [4.69, 9.17) is 5.73 Å². The molecule has 1 aromatic carbocycles. The molecule has 4 N–H and O–H groups in total. The summed E-state index contributed by atoms with van der Waals surface area (Å²) in [6, 6.07) is 10.5. The van der Waals surface area contributed by atoms with Crippen LogP contribution < -0.4 is 16.6 Å². The van der Waals surface area contributed by atoms with Gasteiger partial charge in [0.15, 0.2) is 0 Å². The highest BCUT2D eigenvalue weighted by Gasteiger charge is 2.04. The molecule has 0 aliphatic carbocycles. The third-order valence-corrected chi connectivity index (χ3v) is 2.76. The lowest BCUT2D eigenvalue weighted by Gasteiger charge is -2.05. The monoisotopic (exact) mass is 272 g/mol. The number of hydrogen-bond donors (Lipinski definition) is 3. The maximum absolute atomic E-state index is 11.5. The lowest BCUT2D eigenvalue weighted by Crippen LogP contribution is -2.30. The van der Waals surface area contributed by atoms with Crippen molar-refractivity contribution in [3.8, 4) is 11.3 Å². The number of amides is 1. The molecule has 2 aromatic rings. The summed E-state index contributed by atoms with van der Waals surface area (Å²) >= 11 is 0. The van der Waals surface area contributed by atoms with Gasteiger partial charge in [0.1, 0.15) is 0 Å². The summed E-state index contributed by atoms with van der Waals surface area (Å²) in [7, 11) is 0. The zero-order valence-electron chi connectivity index (χ0n) is 10.9. The van der Waals surface area contributed by atoms with Crippen LogP contribution >= 0.6 is 0 Å². The molecule has 2 rings (SSSR count). The van der Waals surface area contributed by atoms with E-state index in [0.717, 1.165) is 11.1 Å². The Balaban J connectivity index is 2.04. The van der Waals surface area contributed by atoms with Gasteiger partial charge in [-0.25, -0.2) is 5.10 Å². The van der Waals surface area contributed by atoms with Gasteiger partial charge in [-0.15, -0.1) is 0 Å². The molecule has 0 saturated carbocycles. The van der Waals surface area contributed by atoms with E-state index < -0.39 is 0 Å². The third kappa shape index (κ3) is 3.76. The first-order valence-electron chi connectivity index (χ1n) is 6.31. The average molecular weight is 272 g/mol. The second-order valence-corrected chi connectivity index (χ2v) is 4.32. The number of H-pyrrole nitrogens is 1. The Kier molecular flexibility index (Phi) is 4.62. The minimum absolute atomic E-state index is 0.0506. The van der Waals surface area contributed by atoms with Crippen molar-refractivity contribution in [2.24, 2.45) is 5.73 Å². The Morgan fingerprint density at radius 1 is 1.20 bits per heavy atom. The van der Waals surface area contributed by atoms with Crippen LogP contribution in [0.1, 0.15) is 5.56 Å². The molecule has 1 aromatic heterocycles. The van der Waals surface area contributed by atoms with Gasteiger partial charge in [-0.05, 0) is 11.6 Å². The highest BCUT2D eigenvalue weighted by Crippen LogP contribution is 2.15. The van der Waals surface area contributed by atoms with Crippen molar-refractivity contribution in [1.29, 1.82) is 0 Å². The van der Waals surface area contributed by atoms with Gasteiger partial charge in [-0.2, -0.15) is 5.10 Å². The second kappa shape index (κ2) is 6.63. The number of carbonyl (C=O) groups excluding carboxylic acids is 1. The second-order valence-electron chi connectivity index (χ2n) is 4.32. The first-order chi connectivity index (χ1) is 9.69. The van der Waals surface area contributed by atoms with E-state index >= 15 is 0 Å². The lowest BCUT2D eigenvalue weighted by atomic mass is 10.1. The van der Waals surface area contributed by atoms with Crippen LogP contribution in [0.25, 0.3) is 11.3 Å². The summed E-state index contributed by atoms with van der Waals surface area (Å²) in [5, 5.41) is 9.05. The van der Waals surface area contributed by atoms with E-state index in [9.17, 15) is 9.59 Å². The van der Waals surface area contributed by atoms with Crippen LogP contribution in [-0.2, 0) is 11.2 Å². The van der Waals surface area contributed by atoms with Crippen LogP contribution in [-0.4, -0.2) is 29.2 Å². The van der Waals surface area contributed by atoms with E-state index in [1.54, 1.807) is 6.07 Å². The van der Waals surface area contributed by atoms with Crippen LogP contribution in [0.2, 0.25) is 0 Å². The normalized spacial score (nSPS) is 10.2. The Bertz CT molecular complexity index is 614. The largest absolute Gasteiger partial charge is 0.355 e. The summed E-state index contributed by atoms with van der Waals surface area (Å²) in [6.07, 6.45) is 0.319. The third-order valence-electron chi connectivity index (χ3n) is 2.76. The average Bonchev–Trinajstić information content (AvgIpc) is 2.47. The number of aromatic amines is 1. The molecule has 0 aliphatic rings. The number of nitrogens with one attached hydrogen (secondary N) is 2. The van der Waals surface area contributed by atoms with E-state index in [0.29, 0.717) is 25.2 Å². The number of hydrogen-bond acceptors (Lipinski definition) is 4. The number of benzene rings is 1. The SMILES string of the molecule is NCCNC(=O)Cc1ccc(-c2ccc(=O)[nH]n2)cc1. The van der Waals surface area contributed by atoms with Crippen LogP contribution in [0.3, 0.4) is 0 Å². The van der Waals surface area contributed by atoms with Gasteiger partial charge >= 0.3 is 0 Å². The number of carbonyl (C=O) groups is 1. The zero-order valence-corrected chi connectivity index (χ0v) is 10.9. The highest BCUT2D eigenvalue weighted by atomic mass is 16.1. The standard InChI is InChI=1S/C14H16N4O2/c15-7-8-16-14(20)9-10-1-3-11(4-2-10)12-5-6-13(19)18-17-12/h1-6H,7-9,15H2,(H,16,20)(H,18,19). The van der Waals surface area contributed by atoms with E-state index in [2.05, 4.69) is 15.5 Å². The van der Waals surface area contributed by atoms with Gasteiger partial charge < -0.3 is 11.1 Å². The molecular formula is C14H16N4O2. The molecule has 0 spiro atoms. The molecule has 0 aliphatic heterocycles. The quantitative estimate of drug-likeness (QED) is 0.716. The summed E-state index contributed by atoms with van der Waals surface area (Å²) in [5.74, 6) is -0.0506. The molecule has 0 atom stereocenters. The lowest BCUT2D eigenvalue weighted by molar-refractivity contribution is -0.120. The molecule has 0 radical (unpaired) electrons. The van der Waals surface area contributed by atoms with Crippen molar-refractivity contribution in [2.45, 2.75) is 6.42 Å². The maximum Gasteiger partial charge on any atom is 0.264 e. The van der Waals surface area contributed by atoms with E-state index in [-0.39, 0.29) is 11.5 Å². The predicted molar refractivity (Wildman–Crippen MR) is 76.1 cm³/mol. The highest BCUT2D eigenvalue weighted by molar-refractivity contribution is 5.78. The van der Waals surface area contributed by atoms with Gasteiger partial charge in [-0.1, -0.05) is 24.3 Å². The minimum atomic E-state index is -0.234. The number of aromatic nitrogens is 2. The molecule has 1 amide bonds. The summed E-state index contributed by atoms with van der Waals surface area (Å²) < 4.78 is 0. The molecule has 0 fully saturated rings. The molecule has 0 saturated heterocycles. The summed E-state index contributed by atoms with van der Waals surface area (Å²) in [6.45, 7) is 0.917. The van der Waals surface area contributed by atoms with Gasteiger partial charge in [0.2, 0.25) is 5.91 Å².